The van der Waals surface area contributed by atoms with Crippen LogP contribution in [-0.4, -0.2) is 16.9 Å². The molecule has 3 nitrogen and oxygen atoms in total. The van der Waals surface area contributed by atoms with Crippen LogP contribution in [0.1, 0.15) is 26.7 Å². The molecule has 0 spiro atoms. The van der Waals surface area contributed by atoms with Gasteiger partial charge in [-0.3, -0.25) is 9.59 Å². The fourth-order valence-corrected chi connectivity index (χ4v) is 1.58. The van der Waals surface area contributed by atoms with Crippen LogP contribution in [0.5, 0.6) is 0 Å². The molecule has 0 saturated heterocycles. The largest absolute Gasteiger partial charge is 0.481 e. The van der Waals surface area contributed by atoms with E-state index in [1.165, 1.54) is 0 Å². The Morgan fingerprint density at radius 1 is 1.64 bits per heavy atom. The number of rotatable bonds is 1. The standard InChI is InChI=1S/C8H12O3/c1-8(2)5(7(10)11)3-4-6(8)9/h5H,3-4H2,1-2H3,(H,10,11)/t5-/m0/s1. The van der Waals surface area contributed by atoms with E-state index in [0.29, 0.717) is 12.8 Å². The number of Topliss-reactive ketones (excluding diaryl/α,β-unsaturated/α-hetero) is 1. The van der Waals surface area contributed by atoms with Crippen LogP contribution in [0.4, 0.5) is 0 Å². The Kier molecular flexibility index (Phi) is 1.74. The van der Waals surface area contributed by atoms with Gasteiger partial charge in [-0.15, -0.1) is 0 Å². The molecule has 62 valence electrons. The van der Waals surface area contributed by atoms with Gasteiger partial charge in [-0.1, -0.05) is 13.8 Å². The summed E-state index contributed by atoms with van der Waals surface area (Å²) >= 11 is 0. The Labute approximate surface area is 65.4 Å². The number of carboxylic acid groups (broad SMARTS) is 1. The summed E-state index contributed by atoms with van der Waals surface area (Å²) in [6.07, 6.45) is 0.922. The lowest BCUT2D eigenvalue weighted by atomic mass is 9.81. The van der Waals surface area contributed by atoms with Crippen LogP contribution < -0.4 is 0 Å². The number of carbonyl (C=O) groups is 2. The van der Waals surface area contributed by atoms with Crippen LogP contribution in [0, 0.1) is 11.3 Å². The molecule has 0 radical (unpaired) electrons. The van der Waals surface area contributed by atoms with Gasteiger partial charge >= 0.3 is 5.97 Å². The van der Waals surface area contributed by atoms with Gasteiger partial charge in [0.15, 0.2) is 0 Å². The second kappa shape index (κ2) is 2.32. The molecule has 1 aliphatic carbocycles. The summed E-state index contributed by atoms with van der Waals surface area (Å²) in [7, 11) is 0. The molecule has 1 rings (SSSR count). The third-order valence-corrected chi connectivity index (χ3v) is 2.55. The van der Waals surface area contributed by atoms with Crippen molar-refractivity contribution in [3.8, 4) is 0 Å². The third kappa shape index (κ3) is 1.15. The average Bonchev–Trinajstić information content (AvgIpc) is 2.08. The molecule has 1 saturated carbocycles. The molecular formula is C8H12O3. The summed E-state index contributed by atoms with van der Waals surface area (Å²) in [5, 5.41) is 8.71. The minimum absolute atomic E-state index is 0.0740. The smallest absolute Gasteiger partial charge is 0.307 e. The minimum atomic E-state index is -0.846. The Bertz CT molecular complexity index is 205. The Hall–Kier alpha value is -0.860. The van der Waals surface area contributed by atoms with E-state index in [-0.39, 0.29) is 5.78 Å². The van der Waals surface area contributed by atoms with E-state index in [4.69, 9.17) is 5.11 Å². The lowest BCUT2D eigenvalue weighted by molar-refractivity contribution is -0.147. The molecule has 1 N–H and O–H groups in total. The lowest BCUT2D eigenvalue weighted by Gasteiger charge is -2.20. The molecule has 0 bridgehead atoms. The predicted octanol–water partition coefficient (Wildman–Crippen LogP) is 1.08. The van der Waals surface area contributed by atoms with Gasteiger partial charge in [0.05, 0.1) is 5.92 Å². The van der Waals surface area contributed by atoms with Crippen molar-refractivity contribution in [1.82, 2.24) is 0 Å². The fourth-order valence-electron chi connectivity index (χ4n) is 1.58. The quantitative estimate of drug-likeness (QED) is 0.618. The van der Waals surface area contributed by atoms with E-state index in [9.17, 15) is 9.59 Å². The van der Waals surface area contributed by atoms with E-state index < -0.39 is 17.3 Å². The second-order valence-electron chi connectivity index (χ2n) is 3.57. The first-order chi connectivity index (χ1) is 4.96. The maximum absolute atomic E-state index is 11.1. The van der Waals surface area contributed by atoms with Crippen molar-refractivity contribution in [3.63, 3.8) is 0 Å². The lowest BCUT2D eigenvalue weighted by Crippen LogP contribution is -2.30. The normalized spacial score (nSPS) is 28.9. The van der Waals surface area contributed by atoms with Gasteiger partial charge in [0.2, 0.25) is 0 Å². The SMILES string of the molecule is CC1(C)C(=O)CC[C@H]1C(=O)O. The van der Waals surface area contributed by atoms with Gasteiger partial charge in [0.25, 0.3) is 0 Å². The number of carbonyl (C=O) groups excluding carboxylic acids is 1. The van der Waals surface area contributed by atoms with Crippen molar-refractivity contribution in [1.29, 1.82) is 0 Å². The molecule has 1 aliphatic rings. The molecule has 0 amide bonds. The zero-order valence-electron chi connectivity index (χ0n) is 6.76. The zero-order valence-corrected chi connectivity index (χ0v) is 6.76. The molecule has 0 aromatic carbocycles. The molecule has 1 fully saturated rings. The number of hydrogen-bond acceptors (Lipinski definition) is 2. The highest BCUT2D eigenvalue weighted by molar-refractivity contribution is 5.92. The summed E-state index contributed by atoms with van der Waals surface area (Å²) in [4.78, 5) is 21.8. The first-order valence-electron chi connectivity index (χ1n) is 3.72. The third-order valence-electron chi connectivity index (χ3n) is 2.55. The van der Waals surface area contributed by atoms with Crippen LogP contribution in [-0.2, 0) is 9.59 Å². The Morgan fingerprint density at radius 3 is 2.36 bits per heavy atom. The summed E-state index contributed by atoms with van der Waals surface area (Å²) in [6, 6.07) is 0. The summed E-state index contributed by atoms with van der Waals surface area (Å²) in [6.45, 7) is 3.42. The molecular weight excluding hydrogens is 144 g/mol. The second-order valence-corrected chi connectivity index (χ2v) is 3.57. The number of aliphatic carboxylic acids is 1. The van der Waals surface area contributed by atoms with Gasteiger partial charge in [-0.2, -0.15) is 0 Å². The number of ketones is 1. The van der Waals surface area contributed by atoms with E-state index >= 15 is 0 Å². The molecule has 0 aliphatic heterocycles. The summed E-state index contributed by atoms with van der Waals surface area (Å²) < 4.78 is 0. The summed E-state index contributed by atoms with van der Waals surface area (Å²) in [5.74, 6) is -1.25. The molecule has 1 atom stereocenters. The first-order valence-corrected chi connectivity index (χ1v) is 3.72. The highest BCUT2D eigenvalue weighted by atomic mass is 16.4. The summed E-state index contributed by atoms with van der Waals surface area (Å²) in [5.41, 5.74) is -0.647. The van der Waals surface area contributed by atoms with Gasteiger partial charge in [0, 0.05) is 11.8 Å². The molecule has 0 unspecified atom stereocenters. The Balaban J connectivity index is 2.87. The van der Waals surface area contributed by atoms with Crippen LogP contribution in [0.15, 0.2) is 0 Å². The monoisotopic (exact) mass is 156 g/mol. The minimum Gasteiger partial charge on any atom is -0.481 e. The highest BCUT2D eigenvalue weighted by Crippen LogP contribution is 2.39. The van der Waals surface area contributed by atoms with Crippen molar-refractivity contribution in [3.05, 3.63) is 0 Å². The van der Waals surface area contributed by atoms with Crippen LogP contribution in [0.25, 0.3) is 0 Å². The van der Waals surface area contributed by atoms with E-state index in [2.05, 4.69) is 0 Å². The topological polar surface area (TPSA) is 54.4 Å². The average molecular weight is 156 g/mol. The van der Waals surface area contributed by atoms with Crippen molar-refractivity contribution in [2.45, 2.75) is 26.7 Å². The molecule has 0 aromatic heterocycles. The van der Waals surface area contributed by atoms with Gasteiger partial charge in [-0.25, -0.2) is 0 Å². The molecule has 3 heteroatoms. The molecule has 0 heterocycles. The van der Waals surface area contributed by atoms with Crippen molar-refractivity contribution in [2.24, 2.45) is 11.3 Å². The van der Waals surface area contributed by atoms with Gasteiger partial charge < -0.3 is 5.11 Å². The molecule has 11 heavy (non-hydrogen) atoms. The van der Waals surface area contributed by atoms with Crippen molar-refractivity contribution in [2.75, 3.05) is 0 Å². The van der Waals surface area contributed by atoms with Crippen molar-refractivity contribution < 1.29 is 14.7 Å². The fraction of sp³-hybridized carbons (Fsp3) is 0.750. The van der Waals surface area contributed by atoms with Crippen LogP contribution >= 0.6 is 0 Å². The zero-order chi connectivity index (χ0) is 8.65. The highest BCUT2D eigenvalue weighted by Gasteiger charge is 2.45. The number of hydrogen-bond donors (Lipinski definition) is 1. The van der Waals surface area contributed by atoms with Gasteiger partial charge in [0.1, 0.15) is 5.78 Å². The maximum atomic E-state index is 11.1. The number of carboxylic acids is 1. The van der Waals surface area contributed by atoms with Gasteiger partial charge in [-0.05, 0) is 6.42 Å². The van der Waals surface area contributed by atoms with Crippen LogP contribution in [0.2, 0.25) is 0 Å². The van der Waals surface area contributed by atoms with Crippen molar-refractivity contribution >= 4 is 11.8 Å². The van der Waals surface area contributed by atoms with E-state index in [1.54, 1.807) is 13.8 Å². The van der Waals surface area contributed by atoms with E-state index in [0.717, 1.165) is 0 Å². The molecule has 0 aromatic rings. The first kappa shape index (κ1) is 8.24. The Morgan fingerprint density at radius 2 is 2.18 bits per heavy atom. The maximum Gasteiger partial charge on any atom is 0.307 e. The predicted molar refractivity (Wildman–Crippen MR) is 39.1 cm³/mol. The van der Waals surface area contributed by atoms with E-state index in [1.807, 2.05) is 0 Å². The van der Waals surface area contributed by atoms with Crippen LogP contribution in [0.3, 0.4) is 0 Å².